The number of halogens is 5. The fourth-order valence-corrected chi connectivity index (χ4v) is 1.76. The minimum absolute atomic E-state index is 0.0332. The molecule has 0 aliphatic rings. The summed E-state index contributed by atoms with van der Waals surface area (Å²) < 4.78 is 50.5. The molecule has 1 aromatic rings. The minimum Gasteiger partial charge on any atom is -0.329 e. The Hall–Kier alpha value is -0.850. The van der Waals surface area contributed by atoms with Gasteiger partial charge in [-0.2, -0.15) is 13.2 Å². The molecule has 7 heteroatoms. The average molecular weight is 285 g/mol. The lowest BCUT2D eigenvalue weighted by Crippen LogP contribution is -2.37. The molecule has 0 fully saturated rings. The van der Waals surface area contributed by atoms with Gasteiger partial charge >= 0.3 is 6.18 Å². The van der Waals surface area contributed by atoms with E-state index in [1.165, 1.54) is 18.2 Å². The minimum atomic E-state index is -4.34. The first kappa shape index (κ1) is 15.2. The van der Waals surface area contributed by atoms with Gasteiger partial charge in [-0.1, -0.05) is 23.7 Å². The number of nitrogens with two attached hydrogens (primary N) is 1. The first-order valence-electron chi connectivity index (χ1n) is 5.25. The summed E-state index contributed by atoms with van der Waals surface area (Å²) in [6, 6.07) is 4.24. The van der Waals surface area contributed by atoms with Crippen LogP contribution in [0.15, 0.2) is 18.2 Å². The molecule has 0 saturated carbocycles. The van der Waals surface area contributed by atoms with Crippen molar-refractivity contribution in [3.63, 3.8) is 0 Å². The highest BCUT2D eigenvalue weighted by atomic mass is 35.5. The lowest BCUT2D eigenvalue weighted by Gasteiger charge is -2.23. The third kappa shape index (κ3) is 4.80. The average Bonchev–Trinajstić information content (AvgIpc) is 2.23. The highest BCUT2D eigenvalue weighted by molar-refractivity contribution is 6.30. The molecule has 1 aromatic carbocycles. The lowest BCUT2D eigenvalue weighted by atomic mass is 10.2. The van der Waals surface area contributed by atoms with E-state index < -0.39 is 18.5 Å². The van der Waals surface area contributed by atoms with Gasteiger partial charge in [0.05, 0.1) is 11.6 Å². The predicted molar refractivity (Wildman–Crippen MR) is 61.8 cm³/mol. The zero-order chi connectivity index (χ0) is 13.8. The van der Waals surface area contributed by atoms with Crippen LogP contribution in [0.25, 0.3) is 0 Å². The standard InChI is InChI=1S/C11H13ClF4N2/c12-9-3-1-2-8(10(9)13)6-18(5-4-17)7-11(14,15)16/h1-3H,4-7,17H2. The van der Waals surface area contributed by atoms with Crippen LogP contribution >= 0.6 is 11.6 Å². The van der Waals surface area contributed by atoms with Crippen LogP contribution in [-0.4, -0.2) is 30.7 Å². The summed E-state index contributed by atoms with van der Waals surface area (Å²) in [6.07, 6.45) is -4.34. The van der Waals surface area contributed by atoms with E-state index in [2.05, 4.69) is 0 Å². The number of alkyl halides is 3. The molecular weight excluding hydrogens is 272 g/mol. The van der Waals surface area contributed by atoms with Crippen LogP contribution in [0.5, 0.6) is 0 Å². The number of rotatable bonds is 5. The summed E-state index contributed by atoms with van der Waals surface area (Å²) in [5.74, 6) is -0.691. The summed E-state index contributed by atoms with van der Waals surface area (Å²) >= 11 is 5.57. The maximum Gasteiger partial charge on any atom is 0.401 e. The topological polar surface area (TPSA) is 29.3 Å². The molecule has 0 bridgehead atoms. The van der Waals surface area contributed by atoms with Gasteiger partial charge in [-0.25, -0.2) is 4.39 Å². The van der Waals surface area contributed by atoms with E-state index in [0.717, 1.165) is 4.90 Å². The van der Waals surface area contributed by atoms with E-state index in [9.17, 15) is 17.6 Å². The molecule has 2 N–H and O–H groups in total. The Kier molecular flexibility index (Phi) is 5.37. The molecule has 1 rings (SSSR count). The van der Waals surface area contributed by atoms with Gasteiger partial charge < -0.3 is 5.73 Å². The number of benzene rings is 1. The number of hydrogen-bond donors (Lipinski definition) is 1. The highest BCUT2D eigenvalue weighted by Gasteiger charge is 2.30. The summed E-state index contributed by atoms with van der Waals surface area (Å²) in [4.78, 5) is 1.04. The molecule has 0 spiro atoms. The fourth-order valence-electron chi connectivity index (χ4n) is 1.56. The van der Waals surface area contributed by atoms with Crippen LogP contribution < -0.4 is 5.73 Å². The monoisotopic (exact) mass is 284 g/mol. The molecule has 2 nitrogen and oxygen atoms in total. The molecule has 0 amide bonds. The lowest BCUT2D eigenvalue weighted by molar-refractivity contribution is -0.146. The third-order valence-electron chi connectivity index (χ3n) is 2.27. The van der Waals surface area contributed by atoms with Gasteiger partial charge in [-0.15, -0.1) is 0 Å². The molecule has 0 unspecified atom stereocenters. The SMILES string of the molecule is NCCN(Cc1cccc(Cl)c1F)CC(F)(F)F. The van der Waals surface area contributed by atoms with E-state index in [1.54, 1.807) is 0 Å². The van der Waals surface area contributed by atoms with Gasteiger partial charge in [0.1, 0.15) is 5.82 Å². The summed E-state index contributed by atoms with van der Waals surface area (Å²) in [7, 11) is 0. The Morgan fingerprint density at radius 1 is 1.28 bits per heavy atom. The molecule has 102 valence electrons. The summed E-state index contributed by atoms with van der Waals surface area (Å²) in [5.41, 5.74) is 5.37. The van der Waals surface area contributed by atoms with Crippen LogP contribution in [0.1, 0.15) is 5.56 Å². The van der Waals surface area contributed by atoms with E-state index in [1.807, 2.05) is 0 Å². The first-order chi connectivity index (χ1) is 8.33. The van der Waals surface area contributed by atoms with Gasteiger partial charge in [0.15, 0.2) is 0 Å². The number of hydrogen-bond acceptors (Lipinski definition) is 2. The summed E-state index contributed by atoms with van der Waals surface area (Å²) in [5, 5.41) is -0.104. The Balaban J connectivity index is 2.80. The van der Waals surface area contributed by atoms with Gasteiger partial charge in [-0.3, -0.25) is 4.90 Å². The van der Waals surface area contributed by atoms with Crippen molar-refractivity contribution in [3.05, 3.63) is 34.6 Å². The maximum absolute atomic E-state index is 13.6. The summed E-state index contributed by atoms with van der Waals surface area (Å²) in [6.45, 7) is -1.21. The molecule has 0 aliphatic heterocycles. The predicted octanol–water partition coefficient (Wildman–Crippen LogP) is 2.80. The highest BCUT2D eigenvalue weighted by Crippen LogP contribution is 2.21. The normalized spacial score (nSPS) is 12.2. The van der Waals surface area contributed by atoms with Crippen LogP contribution in [0.4, 0.5) is 17.6 Å². The third-order valence-corrected chi connectivity index (χ3v) is 2.57. The van der Waals surface area contributed by atoms with E-state index in [0.29, 0.717) is 0 Å². The van der Waals surface area contributed by atoms with Crippen LogP contribution in [0.2, 0.25) is 5.02 Å². The number of nitrogens with zero attached hydrogens (tertiary/aromatic N) is 1. The zero-order valence-electron chi connectivity index (χ0n) is 9.47. The molecule has 0 aromatic heterocycles. The van der Waals surface area contributed by atoms with Gasteiger partial charge in [0, 0.05) is 25.2 Å². The van der Waals surface area contributed by atoms with Crippen molar-refractivity contribution in [3.8, 4) is 0 Å². The van der Waals surface area contributed by atoms with Crippen molar-refractivity contribution in [2.24, 2.45) is 5.73 Å². The second-order valence-electron chi connectivity index (χ2n) is 3.83. The van der Waals surface area contributed by atoms with Crippen molar-refractivity contribution >= 4 is 11.6 Å². The molecule has 0 atom stereocenters. The van der Waals surface area contributed by atoms with Crippen molar-refractivity contribution in [2.45, 2.75) is 12.7 Å². The van der Waals surface area contributed by atoms with E-state index in [4.69, 9.17) is 17.3 Å². The van der Waals surface area contributed by atoms with Crippen molar-refractivity contribution < 1.29 is 17.6 Å². The van der Waals surface area contributed by atoms with Crippen LogP contribution in [0.3, 0.4) is 0 Å². The largest absolute Gasteiger partial charge is 0.401 e. The zero-order valence-corrected chi connectivity index (χ0v) is 10.2. The van der Waals surface area contributed by atoms with E-state index in [-0.39, 0.29) is 30.2 Å². The van der Waals surface area contributed by atoms with Crippen molar-refractivity contribution in [1.29, 1.82) is 0 Å². The molecular formula is C11H13ClF4N2. The quantitative estimate of drug-likeness (QED) is 0.843. The molecule has 0 radical (unpaired) electrons. The second-order valence-corrected chi connectivity index (χ2v) is 4.23. The molecule has 18 heavy (non-hydrogen) atoms. The Bertz CT molecular complexity index is 395. The van der Waals surface area contributed by atoms with Gasteiger partial charge in [0.2, 0.25) is 0 Å². The Labute approximate surface area is 107 Å². The molecule has 0 aliphatic carbocycles. The molecule has 0 saturated heterocycles. The smallest absolute Gasteiger partial charge is 0.329 e. The first-order valence-corrected chi connectivity index (χ1v) is 5.63. The van der Waals surface area contributed by atoms with Crippen LogP contribution in [-0.2, 0) is 6.54 Å². The van der Waals surface area contributed by atoms with Gasteiger partial charge in [0.25, 0.3) is 0 Å². The second kappa shape index (κ2) is 6.36. The van der Waals surface area contributed by atoms with Crippen molar-refractivity contribution in [2.75, 3.05) is 19.6 Å². The van der Waals surface area contributed by atoms with E-state index >= 15 is 0 Å². The maximum atomic E-state index is 13.6. The van der Waals surface area contributed by atoms with Gasteiger partial charge in [-0.05, 0) is 6.07 Å². The Morgan fingerprint density at radius 3 is 2.50 bits per heavy atom. The Morgan fingerprint density at radius 2 is 1.94 bits per heavy atom. The van der Waals surface area contributed by atoms with Crippen molar-refractivity contribution in [1.82, 2.24) is 4.90 Å². The fraction of sp³-hybridized carbons (Fsp3) is 0.455. The molecule has 0 heterocycles. The van der Waals surface area contributed by atoms with Crippen LogP contribution in [0, 0.1) is 5.82 Å².